The van der Waals surface area contributed by atoms with Crippen molar-refractivity contribution in [3.05, 3.63) is 118 Å². The molecule has 0 unspecified atom stereocenters. The summed E-state index contributed by atoms with van der Waals surface area (Å²) in [5, 5.41) is 0. The van der Waals surface area contributed by atoms with Crippen molar-refractivity contribution in [2.75, 3.05) is 0 Å². The molecule has 0 radical (unpaired) electrons. The van der Waals surface area contributed by atoms with Crippen molar-refractivity contribution in [1.29, 1.82) is 0 Å². The molecule has 0 saturated heterocycles. The fourth-order valence-electron chi connectivity index (χ4n) is 5.91. The van der Waals surface area contributed by atoms with Crippen LogP contribution in [0, 0.1) is 0 Å². The maximum atomic E-state index is 12.9. The van der Waals surface area contributed by atoms with Crippen LogP contribution >= 0.6 is 0 Å². The summed E-state index contributed by atoms with van der Waals surface area (Å²) in [5.41, 5.74) is 10.2. The molecule has 0 aromatic heterocycles. The Bertz CT molecular complexity index is 1430. The van der Waals surface area contributed by atoms with Crippen LogP contribution in [0.2, 0.25) is 0 Å². The van der Waals surface area contributed by atoms with E-state index in [4.69, 9.17) is 0 Å². The van der Waals surface area contributed by atoms with Gasteiger partial charge in [-0.25, -0.2) is 0 Å². The molecule has 4 aromatic carbocycles. The zero-order valence-corrected chi connectivity index (χ0v) is 19.8. The minimum absolute atomic E-state index is 0.0473. The van der Waals surface area contributed by atoms with E-state index in [-0.39, 0.29) is 5.41 Å². The van der Waals surface area contributed by atoms with Crippen LogP contribution in [0.1, 0.15) is 54.2 Å². The molecule has 1 spiro atoms. The summed E-state index contributed by atoms with van der Waals surface area (Å²) in [5.74, 6) is 0. The number of fused-ring (bicyclic) bond motifs is 10. The molecule has 0 atom stereocenters. The molecule has 6 rings (SSSR count). The first-order valence-electron chi connectivity index (χ1n) is 11.8. The van der Waals surface area contributed by atoms with Crippen molar-refractivity contribution in [3.8, 4) is 22.3 Å². The Morgan fingerprint density at radius 1 is 0.629 bits per heavy atom. The quantitative estimate of drug-likeness (QED) is 0.247. The summed E-state index contributed by atoms with van der Waals surface area (Å²) in [6.07, 6.45) is -4.67. The smallest absolute Gasteiger partial charge is 0.287 e. The van der Waals surface area contributed by atoms with Crippen LogP contribution in [0.5, 0.6) is 0 Å². The van der Waals surface area contributed by atoms with Crippen molar-refractivity contribution in [1.82, 2.24) is 0 Å². The molecule has 0 fully saturated rings. The van der Waals surface area contributed by atoms with Crippen LogP contribution in [-0.4, -0.2) is 6.36 Å². The third-order valence-electron chi connectivity index (χ3n) is 7.42. The second kappa shape index (κ2) is 7.32. The summed E-state index contributed by atoms with van der Waals surface area (Å²) in [6, 6.07) is 29.1. The van der Waals surface area contributed by atoms with E-state index in [1.165, 1.54) is 33.4 Å². The highest BCUT2D eigenvalue weighted by Crippen LogP contribution is 2.63. The maximum Gasteiger partial charge on any atom is 0.522 e. The first kappa shape index (κ1) is 22.1. The molecule has 0 amide bonds. The van der Waals surface area contributed by atoms with Gasteiger partial charge in [0.25, 0.3) is 0 Å². The summed E-state index contributed by atoms with van der Waals surface area (Å²) in [7, 11) is 0. The van der Waals surface area contributed by atoms with Gasteiger partial charge in [-0.3, -0.25) is 4.74 Å². The van der Waals surface area contributed by atoms with Crippen molar-refractivity contribution in [2.24, 2.45) is 0 Å². The van der Waals surface area contributed by atoms with Gasteiger partial charge in [-0.15, -0.1) is 13.2 Å². The lowest BCUT2D eigenvalue weighted by Gasteiger charge is -2.32. The van der Waals surface area contributed by atoms with E-state index in [1.54, 1.807) is 6.07 Å². The molecule has 0 heterocycles. The van der Waals surface area contributed by atoms with Gasteiger partial charge in [0.2, 0.25) is 0 Å². The maximum absolute atomic E-state index is 12.9. The lowest BCUT2D eigenvalue weighted by molar-refractivity contribution is -0.330. The summed E-state index contributed by atoms with van der Waals surface area (Å²) < 4.78 is 42.8. The van der Waals surface area contributed by atoms with Crippen molar-refractivity contribution in [2.45, 2.75) is 44.6 Å². The predicted octanol–water partition coefficient (Wildman–Crippen LogP) is 8.36. The van der Waals surface area contributed by atoms with Gasteiger partial charge in [-0.2, -0.15) is 0 Å². The van der Waals surface area contributed by atoms with E-state index in [2.05, 4.69) is 68.0 Å². The molecular weight excluding hydrogens is 445 g/mol. The molecule has 4 aromatic rings. The zero-order valence-electron chi connectivity index (χ0n) is 19.8. The predicted molar refractivity (Wildman–Crippen MR) is 132 cm³/mol. The largest absolute Gasteiger partial charge is 0.522 e. The normalized spacial score (nSPS) is 15.0. The van der Waals surface area contributed by atoms with E-state index >= 15 is 0 Å². The SMILES string of the molecule is CC(C)(C)c1ccc2c(c1)C1(c3ccccc3-c3ccccc31)c1cc(COC(F)(F)F)ccc1-2. The van der Waals surface area contributed by atoms with Gasteiger partial charge in [0.1, 0.15) is 0 Å². The summed E-state index contributed by atoms with van der Waals surface area (Å²) in [6.45, 7) is 6.09. The number of alkyl halides is 3. The Balaban J connectivity index is 1.69. The van der Waals surface area contributed by atoms with Gasteiger partial charge in [-0.1, -0.05) is 106 Å². The lowest BCUT2D eigenvalue weighted by Crippen LogP contribution is -2.27. The van der Waals surface area contributed by atoms with Crippen LogP contribution < -0.4 is 0 Å². The molecule has 35 heavy (non-hydrogen) atoms. The molecular formula is C31H25F3O. The number of hydrogen-bond donors (Lipinski definition) is 0. The van der Waals surface area contributed by atoms with Gasteiger partial charge >= 0.3 is 6.36 Å². The fourth-order valence-corrected chi connectivity index (χ4v) is 5.91. The Hall–Kier alpha value is -3.37. The highest BCUT2D eigenvalue weighted by atomic mass is 19.4. The van der Waals surface area contributed by atoms with Gasteiger partial charge in [0.05, 0.1) is 12.0 Å². The zero-order chi connectivity index (χ0) is 24.6. The van der Waals surface area contributed by atoms with E-state index < -0.39 is 18.4 Å². The minimum atomic E-state index is -4.67. The van der Waals surface area contributed by atoms with Gasteiger partial charge < -0.3 is 0 Å². The molecule has 176 valence electrons. The molecule has 2 aliphatic carbocycles. The topological polar surface area (TPSA) is 9.23 Å². The molecule has 0 aliphatic heterocycles. The van der Waals surface area contributed by atoms with Gasteiger partial charge in [0, 0.05) is 0 Å². The van der Waals surface area contributed by atoms with Crippen LogP contribution in [0.15, 0.2) is 84.9 Å². The number of benzene rings is 4. The number of ether oxygens (including phenoxy) is 1. The molecule has 0 bridgehead atoms. The first-order chi connectivity index (χ1) is 16.6. The third kappa shape index (κ3) is 3.20. The molecule has 1 nitrogen and oxygen atoms in total. The van der Waals surface area contributed by atoms with Crippen LogP contribution in [-0.2, 0) is 22.2 Å². The second-order valence-corrected chi connectivity index (χ2v) is 10.5. The molecule has 0 saturated carbocycles. The van der Waals surface area contributed by atoms with Crippen molar-refractivity contribution >= 4 is 0 Å². The number of rotatable bonds is 2. The standard InChI is InChI=1S/C31H25F3O/c1-29(2,3)20-13-15-24-23-14-12-19(18-35-31(32,33)34)16-27(23)30(28(24)17-20)25-10-6-4-8-21(25)22-9-5-7-11-26(22)30/h4-17H,18H2,1-3H3. The highest BCUT2D eigenvalue weighted by Gasteiger charge is 2.51. The van der Waals surface area contributed by atoms with Crippen molar-refractivity contribution in [3.63, 3.8) is 0 Å². The third-order valence-corrected chi connectivity index (χ3v) is 7.42. The highest BCUT2D eigenvalue weighted by molar-refractivity contribution is 5.95. The monoisotopic (exact) mass is 470 g/mol. The average molecular weight is 471 g/mol. The lowest BCUT2D eigenvalue weighted by atomic mass is 9.69. The Labute approximate surface area is 203 Å². The molecule has 2 aliphatic rings. The van der Waals surface area contributed by atoms with Crippen LogP contribution in [0.25, 0.3) is 22.3 Å². The van der Waals surface area contributed by atoms with Crippen LogP contribution in [0.4, 0.5) is 13.2 Å². The fraction of sp³-hybridized carbons (Fsp3) is 0.226. The minimum Gasteiger partial charge on any atom is -0.287 e. The van der Waals surface area contributed by atoms with E-state index in [1.807, 2.05) is 36.4 Å². The molecule has 4 heteroatoms. The average Bonchev–Trinajstić information content (AvgIpc) is 3.28. The van der Waals surface area contributed by atoms with E-state index in [0.29, 0.717) is 5.56 Å². The van der Waals surface area contributed by atoms with Crippen LogP contribution in [0.3, 0.4) is 0 Å². The van der Waals surface area contributed by atoms with E-state index in [0.717, 1.165) is 16.7 Å². The van der Waals surface area contributed by atoms with Gasteiger partial charge in [0.15, 0.2) is 0 Å². The van der Waals surface area contributed by atoms with E-state index in [9.17, 15) is 13.2 Å². The molecule has 0 N–H and O–H groups in total. The summed E-state index contributed by atoms with van der Waals surface area (Å²) >= 11 is 0. The van der Waals surface area contributed by atoms with Crippen molar-refractivity contribution < 1.29 is 17.9 Å². The Kier molecular flexibility index (Phi) is 4.62. The first-order valence-corrected chi connectivity index (χ1v) is 11.8. The Morgan fingerprint density at radius 2 is 1.14 bits per heavy atom. The number of hydrogen-bond acceptors (Lipinski definition) is 1. The second-order valence-electron chi connectivity index (χ2n) is 10.5. The summed E-state index contributed by atoms with van der Waals surface area (Å²) in [4.78, 5) is 0. The number of halogens is 3. The van der Waals surface area contributed by atoms with Gasteiger partial charge in [-0.05, 0) is 61.0 Å². The Morgan fingerprint density at radius 3 is 1.71 bits per heavy atom.